The van der Waals surface area contributed by atoms with Crippen LogP contribution in [0.25, 0.3) is 0 Å². The molecule has 0 atom stereocenters. The van der Waals surface area contributed by atoms with E-state index >= 15 is 0 Å². The summed E-state index contributed by atoms with van der Waals surface area (Å²) in [6.45, 7) is 4.42. The lowest BCUT2D eigenvalue weighted by molar-refractivity contribution is -0.155. The van der Waals surface area contributed by atoms with E-state index in [0.29, 0.717) is 24.8 Å². The summed E-state index contributed by atoms with van der Waals surface area (Å²) in [6.07, 6.45) is 1.45. The maximum atomic E-state index is 11.8. The molecular weight excluding hydrogens is 282 g/mol. The number of hydrazine groups is 1. The first-order valence-electron chi connectivity index (χ1n) is 6.48. The van der Waals surface area contributed by atoms with E-state index in [1.807, 2.05) is 11.9 Å². The molecule has 2 heterocycles. The number of amides is 1. The summed E-state index contributed by atoms with van der Waals surface area (Å²) in [5, 5.41) is 14.2. The Morgan fingerprint density at radius 3 is 3.05 bits per heavy atom. The minimum Gasteiger partial charge on any atom is -0.476 e. The summed E-state index contributed by atoms with van der Waals surface area (Å²) < 4.78 is 5.40. The van der Waals surface area contributed by atoms with E-state index in [4.69, 9.17) is 9.84 Å². The molecule has 0 bridgehead atoms. The molecule has 2 rings (SSSR count). The van der Waals surface area contributed by atoms with Crippen molar-refractivity contribution in [2.45, 2.75) is 19.8 Å². The number of aromatic nitrogens is 1. The van der Waals surface area contributed by atoms with Crippen LogP contribution in [-0.2, 0) is 4.79 Å². The molecule has 1 amide bonds. The summed E-state index contributed by atoms with van der Waals surface area (Å²) in [6, 6.07) is 0. The fourth-order valence-electron chi connectivity index (χ4n) is 2.06. The van der Waals surface area contributed by atoms with Crippen LogP contribution in [0, 0.1) is 0 Å². The molecule has 1 aromatic rings. The average Bonchev–Trinajstić information content (AvgIpc) is 2.89. The fraction of sp³-hybridized carbons (Fsp3) is 0.583. The van der Waals surface area contributed by atoms with Crippen molar-refractivity contribution in [3.05, 3.63) is 11.1 Å². The Kier molecular flexibility index (Phi) is 4.91. The molecule has 1 N–H and O–H groups in total. The molecule has 0 saturated carbocycles. The highest BCUT2D eigenvalue weighted by molar-refractivity contribution is 7.11. The van der Waals surface area contributed by atoms with Gasteiger partial charge in [-0.2, -0.15) is 4.98 Å². The second kappa shape index (κ2) is 6.67. The highest BCUT2D eigenvalue weighted by Crippen LogP contribution is 2.18. The van der Waals surface area contributed by atoms with Crippen molar-refractivity contribution < 1.29 is 19.4 Å². The van der Waals surface area contributed by atoms with Crippen LogP contribution in [0.3, 0.4) is 0 Å². The summed E-state index contributed by atoms with van der Waals surface area (Å²) in [5.74, 6) is -0.966. The number of thiazole rings is 1. The van der Waals surface area contributed by atoms with Crippen LogP contribution >= 0.6 is 11.3 Å². The molecule has 0 aromatic carbocycles. The van der Waals surface area contributed by atoms with Gasteiger partial charge in [-0.05, 0) is 6.42 Å². The van der Waals surface area contributed by atoms with Crippen molar-refractivity contribution in [2.75, 3.05) is 26.2 Å². The number of aromatic carboxylic acids is 1. The number of hydrogen-bond acceptors (Lipinski definition) is 6. The first-order chi connectivity index (χ1) is 9.61. The monoisotopic (exact) mass is 299 g/mol. The Hall–Kier alpha value is -1.67. The quantitative estimate of drug-likeness (QED) is 0.846. The summed E-state index contributed by atoms with van der Waals surface area (Å²) in [7, 11) is 0. The summed E-state index contributed by atoms with van der Waals surface area (Å²) in [4.78, 5) is 26.4. The van der Waals surface area contributed by atoms with Crippen molar-refractivity contribution in [1.29, 1.82) is 0 Å². The molecule has 1 saturated heterocycles. The molecular formula is C12H17N3O4S. The standard InChI is InChI=1S/C12H17N3O4S/c1-2-14-5-3-4-10(16)15(14)6-7-19-12-13-9(8-20-12)11(17)18/h8H,2-7H2,1H3,(H,17,18). The molecule has 0 spiro atoms. The Labute approximate surface area is 120 Å². The molecule has 8 heteroatoms. The second-order valence-electron chi connectivity index (χ2n) is 4.32. The van der Waals surface area contributed by atoms with Crippen molar-refractivity contribution in [1.82, 2.24) is 15.0 Å². The predicted molar refractivity (Wildman–Crippen MR) is 72.8 cm³/mol. The van der Waals surface area contributed by atoms with Crippen LogP contribution < -0.4 is 4.74 Å². The van der Waals surface area contributed by atoms with Gasteiger partial charge in [-0.25, -0.2) is 9.80 Å². The average molecular weight is 299 g/mol. The molecule has 7 nitrogen and oxygen atoms in total. The second-order valence-corrected chi connectivity index (χ2v) is 5.14. The zero-order valence-electron chi connectivity index (χ0n) is 11.2. The molecule has 0 radical (unpaired) electrons. The van der Waals surface area contributed by atoms with Crippen molar-refractivity contribution in [3.63, 3.8) is 0 Å². The van der Waals surface area contributed by atoms with Gasteiger partial charge in [0.2, 0.25) is 5.91 Å². The van der Waals surface area contributed by atoms with Gasteiger partial charge in [0.05, 0.1) is 6.54 Å². The van der Waals surface area contributed by atoms with Crippen molar-refractivity contribution in [3.8, 4) is 5.19 Å². The van der Waals surface area contributed by atoms with Gasteiger partial charge in [0.1, 0.15) is 6.61 Å². The van der Waals surface area contributed by atoms with Gasteiger partial charge >= 0.3 is 5.97 Å². The van der Waals surface area contributed by atoms with E-state index in [1.54, 1.807) is 5.01 Å². The number of hydrogen-bond donors (Lipinski definition) is 1. The normalized spacial score (nSPS) is 16.4. The topological polar surface area (TPSA) is 83.0 Å². The Bertz CT molecular complexity index is 491. The molecule has 0 aliphatic carbocycles. The molecule has 1 aliphatic heterocycles. The van der Waals surface area contributed by atoms with Gasteiger partial charge in [-0.3, -0.25) is 9.80 Å². The number of carboxylic acid groups (broad SMARTS) is 1. The molecule has 110 valence electrons. The van der Waals surface area contributed by atoms with Gasteiger partial charge in [0.15, 0.2) is 5.69 Å². The minimum atomic E-state index is -1.07. The van der Waals surface area contributed by atoms with E-state index in [0.717, 1.165) is 30.8 Å². The van der Waals surface area contributed by atoms with E-state index in [-0.39, 0.29) is 11.6 Å². The number of carboxylic acids is 1. The Morgan fingerprint density at radius 1 is 1.60 bits per heavy atom. The number of carbonyl (C=O) groups is 2. The molecule has 1 fully saturated rings. The first-order valence-corrected chi connectivity index (χ1v) is 7.36. The largest absolute Gasteiger partial charge is 0.476 e. The summed E-state index contributed by atoms with van der Waals surface area (Å²) >= 11 is 1.14. The highest BCUT2D eigenvalue weighted by Gasteiger charge is 2.24. The zero-order chi connectivity index (χ0) is 14.5. The lowest BCUT2D eigenvalue weighted by Gasteiger charge is -2.37. The van der Waals surface area contributed by atoms with Crippen LogP contribution in [0.2, 0.25) is 0 Å². The number of carbonyl (C=O) groups excluding carboxylic acids is 1. The Morgan fingerprint density at radius 2 is 2.40 bits per heavy atom. The van der Waals surface area contributed by atoms with Gasteiger partial charge < -0.3 is 9.84 Å². The van der Waals surface area contributed by atoms with Gasteiger partial charge in [-0.1, -0.05) is 18.3 Å². The van der Waals surface area contributed by atoms with E-state index in [2.05, 4.69) is 4.98 Å². The van der Waals surface area contributed by atoms with E-state index in [1.165, 1.54) is 5.38 Å². The fourth-order valence-corrected chi connectivity index (χ4v) is 2.72. The van der Waals surface area contributed by atoms with Crippen molar-refractivity contribution in [2.24, 2.45) is 0 Å². The van der Waals surface area contributed by atoms with Crippen LogP contribution in [-0.4, -0.2) is 58.2 Å². The number of ether oxygens (including phenoxy) is 1. The van der Waals surface area contributed by atoms with Crippen LogP contribution in [0.15, 0.2) is 5.38 Å². The van der Waals surface area contributed by atoms with Gasteiger partial charge in [-0.15, -0.1) is 0 Å². The van der Waals surface area contributed by atoms with Crippen molar-refractivity contribution >= 4 is 23.2 Å². The zero-order valence-corrected chi connectivity index (χ0v) is 12.1. The first kappa shape index (κ1) is 14.7. The SMILES string of the molecule is CCN1CCCC(=O)N1CCOc1nc(C(=O)O)cs1. The predicted octanol–water partition coefficient (Wildman–Crippen LogP) is 1.08. The lowest BCUT2D eigenvalue weighted by atomic mass is 10.2. The maximum Gasteiger partial charge on any atom is 0.355 e. The van der Waals surface area contributed by atoms with Crippen LogP contribution in [0.5, 0.6) is 5.19 Å². The third-order valence-electron chi connectivity index (χ3n) is 3.03. The van der Waals surface area contributed by atoms with E-state index in [9.17, 15) is 9.59 Å². The van der Waals surface area contributed by atoms with Crippen LogP contribution in [0.1, 0.15) is 30.3 Å². The minimum absolute atomic E-state index is 0.0192. The highest BCUT2D eigenvalue weighted by atomic mass is 32.1. The Balaban J connectivity index is 1.84. The maximum absolute atomic E-state index is 11.8. The molecule has 1 aromatic heterocycles. The molecule has 20 heavy (non-hydrogen) atoms. The van der Waals surface area contributed by atoms with Gasteiger partial charge in [0.25, 0.3) is 5.19 Å². The smallest absolute Gasteiger partial charge is 0.355 e. The lowest BCUT2D eigenvalue weighted by Crippen LogP contribution is -2.51. The number of rotatable bonds is 6. The van der Waals surface area contributed by atoms with Gasteiger partial charge in [0, 0.05) is 24.9 Å². The van der Waals surface area contributed by atoms with E-state index < -0.39 is 5.97 Å². The number of nitrogens with zero attached hydrogens (tertiary/aromatic N) is 3. The third-order valence-corrected chi connectivity index (χ3v) is 3.78. The van der Waals surface area contributed by atoms with Crippen LogP contribution in [0.4, 0.5) is 0 Å². The molecule has 0 unspecified atom stereocenters. The summed E-state index contributed by atoms with van der Waals surface area (Å²) in [5.41, 5.74) is -0.0192. The third kappa shape index (κ3) is 3.45. The molecule has 1 aliphatic rings.